The highest BCUT2D eigenvalue weighted by molar-refractivity contribution is 5.66. The molecule has 2 N–H and O–H groups in total. The van der Waals surface area contributed by atoms with Crippen molar-refractivity contribution in [3.8, 4) is 11.6 Å². The first-order valence-electron chi connectivity index (χ1n) is 11.0. The Hall–Kier alpha value is -3.69. The number of pyridine rings is 1. The van der Waals surface area contributed by atoms with E-state index < -0.39 is 5.97 Å². The summed E-state index contributed by atoms with van der Waals surface area (Å²) in [6.45, 7) is 3.28. The molecular formula is C23H26FN7O2. The number of carboxylic acids is 1. The fraction of sp³-hybridized carbons (Fsp3) is 0.391. The SMILES string of the molecule is CC1c2cnc(-c3ncccn3)nc2CCN1c1cc(F)cc(NCCCCCC(=O)O)n1. The van der Waals surface area contributed by atoms with Gasteiger partial charge in [-0.2, -0.15) is 0 Å². The predicted octanol–water partition coefficient (Wildman–Crippen LogP) is 3.65. The molecule has 1 atom stereocenters. The Morgan fingerprint density at radius 3 is 2.76 bits per heavy atom. The summed E-state index contributed by atoms with van der Waals surface area (Å²) in [6.07, 6.45) is 8.16. The van der Waals surface area contributed by atoms with Gasteiger partial charge in [0.05, 0.1) is 11.7 Å². The minimum Gasteiger partial charge on any atom is -0.481 e. The summed E-state index contributed by atoms with van der Waals surface area (Å²) < 4.78 is 14.4. The lowest BCUT2D eigenvalue weighted by molar-refractivity contribution is -0.137. The lowest BCUT2D eigenvalue weighted by atomic mass is 9.99. The average Bonchev–Trinajstić information content (AvgIpc) is 2.81. The van der Waals surface area contributed by atoms with Crippen LogP contribution in [-0.2, 0) is 11.2 Å². The summed E-state index contributed by atoms with van der Waals surface area (Å²) in [4.78, 5) is 34.8. The van der Waals surface area contributed by atoms with Gasteiger partial charge in [-0.25, -0.2) is 29.3 Å². The van der Waals surface area contributed by atoms with E-state index in [9.17, 15) is 9.18 Å². The van der Waals surface area contributed by atoms with Gasteiger partial charge in [0.1, 0.15) is 17.5 Å². The highest BCUT2D eigenvalue weighted by Crippen LogP contribution is 2.33. The van der Waals surface area contributed by atoms with Gasteiger partial charge in [0.15, 0.2) is 11.6 Å². The van der Waals surface area contributed by atoms with Crippen LogP contribution >= 0.6 is 0 Å². The average molecular weight is 452 g/mol. The number of hydrogen-bond acceptors (Lipinski definition) is 8. The molecule has 0 spiro atoms. The number of halogens is 1. The number of unbranched alkanes of at least 4 members (excludes halogenated alkanes) is 2. The summed E-state index contributed by atoms with van der Waals surface area (Å²) in [7, 11) is 0. The molecule has 0 saturated carbocycles. The molecule has 33 heavy (non-hydrogen) atoms. The smallest absolute Gasteiger partial charge is 0.303 e. The van der Waals surface area contributed by atoms with Gasteiger partial charge in [0.25, 0.3) is 0 Å². The number of fused-ring (bicyclic) bond motifs is 1. The minimum atomic E-state index is -0.786. The minimum absolute atomic E-state index is 0.0716. The number of nitrogens with zero attached hydrogens (tertiary/aromatic N) is 6. The predicted molar refractivity (Wildman–Crippen MR) is 121 cm³/mol. The molecule has 172 valence electrons. The second-order valence-electron chi connectivity index (χ2n) is 7.95. The molecule has 0 saturated heterocycles. The third-order valence-electron chi connectivity index (χ3n) is 5.62. The van der Waals surface area contributed by atoms with Crippen molar-refractivity contribution in [3.63, 3.8) is 0 Å². The lowest BCUT2D eigenvalue weighted by Gasteiger charge is -2.35. The fourth-order valence-electron chi connectivity index (χ4n) is 3.91. The number of aliphatic carboxylic acids is 1. The Labute approximate surface area is 191 Å². The highest BCUT2D eigenvalue weighted by atomic mass is 19.1. The van der Waals surface area contributed by atoms with Crippen LogP contribution in [-0.4, -0.2) is 49.1 Å². The summed E-state index contributed by atoms with van der Waals surface area (Å²) in [5.74, 6) is 0.853. The Morgan fingerprint density at radius 1 is 1.15 bits per heavy atom. The lowest BCUT2D eigenvalue weighted by Crippen LogP contribution is -2.35. The van der Waals surface area contributed by atoms with Gasteiger partial charge in [0.2, 0.25) is 0 Å². The van der Waals surface area contributed by atoms with Gasteiger partial charge in [0, 0.05) is 62.2 Å². The van der Waals surface area contributed by atoms with E-state index in [1.807, 2.05) is 11.8 Å². The second kappa shape index (κ2) is 10.3. The number of anilines is 2. The van der Waals surface area contributed by atoms with E-state index in [-0.39, 0.29) is 18.3 Å². The fourth-order valence-corrected chi connectivity index (χ4v) is 3.91. The quantitative estimate of drug-likeness (QED) is 0.470. The largest absolute Gasteiger partial charge is 0.481 e. The van der Waals surface area contributed by atoms with Crippen molar-refractivity contribution >= 4 is 17.6 Å². The van der Waals surface area contributed by atoms with Crippen LogP contribution in [0.1, 0.15) is 49.9 Å². The Morgan fingerprint density at radius 2 is 1.97 bits per heavy atom. The zero-order valence-electron chi connectivity index (χ0n) is 18.4. The Bertz CT molecular complexity index is 1110. The molecule has 3 aromatic rings. The van der Waals surface area contributed by atoms with E-state index in [0.29, 0.717) is 49.2 Å². The molecule has 0 aliphatic carbocycles. The van der Waals surface area contributed by atoms with E-state index in [0.717, 1.165) is 24.1 Å². The van der Waals surface area contributed by atoms with Crippen molar-refractivity contribution in [2.75, 3.05) is 23.3 Å². The van der Waals surface area contributed by atoms with Gasteiger partial charge in [-0.05, 0) is 25.8 Å². The van der Waals surface area contributed by atoms with Crippen LogP contribution < -0.4 is 10.2 Å². The summed E-state index contributed by atoms with van der Waals surface area (Å²) in [5, 5.41) is 11.8. The molecule has 3 aromatic heterocycles. The third-order valence-corrected chi connectivity index (χ3v) is 5.62. The number of nitrogens with one attached hydrogen (secondary N) is 1. The maximum Gasteiger partial charge on any atom is 0.303 e. The van der Waals surface area contributed by atoms with Crippen LogP contribution in [0, 0.1) is 5.82 Å². The topological polar surface area (TPSA) is 117 Å². The molecule has 0 fully saturated rings. The molecular weight excluding hydrogens is 425 g/mol. The van der Waals surface area contributed by atoms with Gasteiger partial charge in [-0.3, -0.25) is 4.79 Å². The molecule has 0 bridgehead atoms. The van der Waals surface area contributed by atoms with Crippen LogP contribution in [0.3, 0.4) is 0 Å². The summed E-state index contributed by atoms with van der Waals surface area (Å²) in [5.41, 5.74) is 1.91. The zero-order chi connectivity index (χ0) is 23.2. The first kappa shape index (κ1) is 22.5. The Balaban J connectivity index is 1.44. The third kappa shape index (κ3) is 5.57. The highest BCUT2D eigenvalue weighted by Gasteiger charge is 2.27. The van der Waals surface area contributed by atoms with Crippen LogP contribution in [0.2, 0.25) is 0 Å². The monoisotopic (exact) mass is 451 g/mol. The van der Waals surface area contributed by atoms with Crippen molar-refractivity contribution < 1.29 is 14.3 Å². The normalized spacial score (nSPS) is 15.2. The number of carbonyl (C=O) groups is 1. The van der Waals surface area contributed by atoms with Gasteiger partial charge >= 0.3 is 5.97 Å². The molecule has 9 nitrogen and oxygen atoms in total. The number of aromatic nitrogens is 5. The van der Waals surface area contributed by atoms with Crippen LogP contribution in [0.5, 0.6) is 0 Å². The molecule has 1 aliphatic rings. The molecule has 0 aromatic carbocycles. The second-order valence-corrected chi connectivity index (χ2v) is 7.95. The standard InChI is InChI=1S/C23H26FN7O2/c1-15-17-14-28-23(22-26-9-5-10-27-22)29-18(17)7-11-31(15)20-13-16(24)12-19(30-20)25-8-4-2-3-6-21(32)33/h5,9-10,12-15H,2-4,6-8,11H2,1H3,(H,25,30)(H,32,33). The van der Waals surface area contributed by atoms with Crippen molar-refractivity contribution in [3.05, 3.63) is 53.9 Å². The number of carboxylic acid groups (broad SMARTS) is 1. The number of hydrogen-bond donors (Lipinski definition) is 2. The van der Waals surface area contributed by atoms with Crippen molar-refractivity contribution in [2.45, 2.75) is 45.1 Å². The molecule has 1 unspecified atom stereocenters. The van der Waals surface area contributed by atoms with E-state index in [1.165, 1.54) is 12.1 Å². The van der Waals surface area contributed by atoms with E-state index in [4.69, 9.17) is 5.11 Å². The van der Waals surface area contributed by atoms with Crippen LogP contribution in [0.4, 0.5) is 16.0 Å². The van der Waals surface area contributed by atoms with E-state index in [1.54, 1.807) is 24.7 Å². The molecule has 4 rings (SSSR count). The van der Waals surface area contributed by atoms with Crippen molar-refractivity contribution in [2.24, 2.45) is 0 Å². The summed E-state index contributed by atoms with van der Waals surface area (Å²) in [6, 6.07) is 4.49. The van der Waals surface area contributed by atoms with Crippen LogP contribution in [0.25, 0.3) is 11.6 Å². The zero-order valence-corrected chi connectivity index (χ0v) is 18.4. The molecule has 0 amide bonds. The van der Waals surface area contributed by atoms with Gasteiger partial charge in [-0.15, -0.1) is 0 Å². The molecule has 4 heterocycles. The maximum absolute atomic E-state index is 14.4. The van der Waals surface area contributed by atoms with Gasteiger partial charge < -0.3 is 15.3 Å². The van der Waals surface area contributed by atoms with Gasteiger partial charge in [-0.1, -0.05) is 6.42 Å². The molecule has 0 radical (unpaired) electrons. The van der Waals surface area contributed by atoms with Crippen molar-refractivity contribution in [1.29, 1.82) is 0 Å². The Kier molecular flexibility index (Phi) is 7.01. The van der Waals surface area contributed by atoms with E-state index in [2.05, 4.69) is 30.2 Å². The maximum atomic E-state index is 14.4. The number of rotatable bonds is 9. The van der Waals surface area contributed by atoms with Crippen molar-refractivity contribution in [1.82, 2.24) is 24.9 Å². The summed E-state index contributed by atoms with van der Waals surface area (Å²) >= 11 is 0. The van der Waals surface area contributed by atoms with E-state index >= 15 is 0 Å². The van der Waals surface area contributed by atoms with Crippen LogP contribution in [0.15, 0.2) is 36.8 Å². The first-order chi connectivity index (χ1) is 16.0. The first-order valence-corrected chi connectivity index (χ1v) is 11.0. The molecule has 1 aliphatic heterocycles. The molecule has 10 heteroatoms.